The van der Waals surface area contributed by atoms with Gasteiger partial charge < -0.3 is 0 Å². The molecule has 0 atom stereocenters. The van der Waals surface area contributed by atoms with Gasteiger partial charge in [-0.3, -0.25) is 0 Å². The van der Waals surface area contributed by atoms with Gasteiger partial charge in [0.05, 0.1) is 0 Å². The standard InChI is InChI=1S/C58H36/c1-3-19-43-38(15-1)17-13-29-45(43)57-51-25-9-5-21-47(51)55(48-22-6-10-26-52(48)57)40-33-31-37-32-34-41(36-42(37)35-40)56-49-23-7-11-27-53(49)58(54-28-12-8-24-50(54)56)46-30-14-18-39-16-2-4-20-44(39)46/h1-36H. The van der Waals surface area contributed by atoms with Crippen LogP contribution in [-0.4, -0.2) is 0 Å². The van der Waals surface area contributed by atoms with Crippen molar-refractivity contribution < 1.29 is 0 Å². The zero-order valence-electron chi connectivity index (χ0n) is 31.8. The summed E-state index contributed by atoms with van der Waals surface area (Å²) >= 11 is 0. The minimum Gasteiger partial charge on any atom is -0.0616 e. The van der Waals surface area contributed by atoms with Crippen LogP contribution in [0.4, 0.5) is 0 Å². The van der Waals surface area contributed by atoms with E-state index in [9.17, 15) is 0 Å². The Morgan fingerprint density at radius 3 is 0.828 bits per heavy atom. The van der Waals surface area contributed by atoms with E-state index < -0.39 is 0 Å². The second kappa shape index (κ2) is 13.0. The number of hydrogen-bond donors (Lipinski definition) is 0. The first-order valence-corrected chi connectivity index (χ1v) is 20.2. The molecule has 0 heterocycles. The minimum absolute atomic E-state index is 1.22. The molecule has 0 bridgehead atoms. The van der Waals surface area contributed by atoms with Gasteiger partial charge in [-0.2, -0.15) is 0 Å². The molecule has 268 valence electrons. The summed E-state index contributed by atoms with van der Waals surface area (Å²) in [6, 6.07) is 80.9. The van der Waals surface area contributed by atoms with Gasteiger partial charge in [0, 0.05) is 0 Å². The molecule has 12 aromatic rings. The van der Waals surface area contributed by atoms with E-state index in [1.54, 1.807) is 0 Å². The molecule has 0 spiro atoms. The summed E-state index contributed by atoms with van der Waals surface area (Å²) in [4.78, 5) is 0. The SMILES string of the molecule is c1ccc2c(-c3c4ccccc4c(-c4ccc5ccc(-c6c7ccccc7c(-c7cccc8ccccc78)c7ccccc67)cc5c4)c4ccccc34)cccc2c1. The number of hydrogen-bond acceptors (Lipinski definition) is 0. The molecule has 0 aliphatic carbocycles. The van der Waals surface area contributed by atoms with Gasteiger partial charge >= 0.3 is 0 Å². The van der Waals surface area contributed by atoms with Crippen molar-refractivity contribution in [3.05, 3.63) is 218 Å². The van der Waals surface area contributed by atoms with Gasteiger partial charge in [-0.05, 0) is 132 Å². The highest BCUT2D eigenvalue weighted by atomic mass is 14.2. The third-order valence-electron chi connectivity index (χ3n) is 12.4. The van der Waals surface area contributed by atoms with Crippen molar-refractivity contribution >= 4 is 75.4 Å². The first-order chi connectivity index (χ1) is 28.8. The first kappa shape index (κ1) is 32.7. The lowest BCUT2D eigenvalue weighted by atomic mass is 9.83. The van der Waals surface area contributed by atoms with Crippen molar-refractivity contribution in [2.75, 3.05) is 0 Å². The predicted molar refractivity (Wildman–Crippen MR) is 251 cm³/mol. The fourth-order valence-electron chi connectivity index (χ4n) is 9.90. The molecule has 0 aromatic heterocycles. The number of fused-ring (bicyclic) bond motifs is 7. The highest BCUT2D eigenvalue weighted by molar-refractivity contribution is 6.25. The molecule has 0 saturated carbocycles. The highest BCUT2D eigenvalue weighted by Gasteiger charge is 2.20. The first-order valence-electron chi connectivity index (χ1n) is 20.2. The van der Waals surface area contributed by atoms with E-state index in [-0.39, 0.29) is 0 Å². The lowest BCUT2D eigenvalue weighted by molar-refractivity contribution is 1.67. The second-order valence-corrected chi connectivity index (χ2v) is 15.5. The highest BCUT2D eigenvalue weighted by Crippen LogP contribution is 2.48. The van der Waals surface area contributed by atoms with Crippen LogP contribution in [0.15, 0.2) is 218 Å². The summed E-state index contributed by atoms with van der Waals surface area (Å²) < 4.78 is 0. The maximum Gasteiger partial charge on any atom is -0.00201 e. The van der Waals surface area contributed by atoms with Crippen LogP contribution in [0.25, 0.3) is 120 Å². The van der Waals surface area contributed by atoms with Crippen molar-refractivity contribution in [2.45, 2.75) is 0 Å². The maximum atomic E-state index is 2.42. The molecule has 0 heteroatoms. The Labute approximate surface area is 336 Å². The van der Waals surface area contributed by atoms with Gasteiger partial charge in [0.25, 0.3) is 0 Å². The number of rotatable bonds is 4. The average Bonchev–Trinajstić information content (AvgIpc) is 3.29. The zero-order chi connectivity index (χ0) is 38.2. The van der Waals surface area contributed by atoms with Crippen LogP contribution < -0.4 is 0 Å². The van der Waals surface area contributed by atoms with Crippen LogP contribution in [0.2, 0.25) is 0 Å². The van der Waals surface area contributed by atoms with Crippen LogP contribution in [0, 0.1) is 0 Å². The molecule has 0 N–H and O–H groups in total. The van der Waals surface area contributed by atoms with Crippen molar-refractivity contribution in [3.63, 3.8) is 0 Å². The van der Waals surface area contributed by atoms with E-state index in [0.29, 0.717) is 0 Å². The molecule has 0 nitrogen and oxygen atoms in total. The van der Waals surface area contributed by atoms with Gasteiger partial charge in [-0.25, -0.2) is 0 Å². The molecule has 0 radical (unpaired) electrons. The summed E-state index contributed by atoms with van der Waals surface area (Å²) in [6.07, 6.45) is 0. The monoisotopic (exact) mass is 732 g/mol. The van der Waals surface area contributed by atoms with Gasteiger partial charge in [0.2, 0.25) is 0 Å². The average molecular weight is 733 g/mol. The third-order valence-corrected chi connectivity index (χ3v) is 12.4. The zero-order valence-corrected chi connectivity index (χ0v) is 31.8. The second-order valence-electron chi connectivity index (χ2n) is 15.5. The lowest BCUT2D eigenvalue weighted by Gasteiger charge is -2.20. The summed E-state index contributed by atoms with van der Waals surface area (Å²) in [7, 11) is 0. The Bertz CT molecular complexity index is 3260. The molecule has 12 aromatic carbocycles. The van der Waals surface area contributed by atoms with Gasteiger partial charge in [-0.1, -0.05) is 206 Å². The van der Waals surface area contributed by atoms with E-state index in [2.05, 4.69) is 218 Å². The third kappa shape index (κ3) is 4.95. The maximum absolute atomic E-state index is 2.42. The van der Waals surface area contributed by atoms with Crippen LogP contribution in [0.1, 0.15) is 0 Å². The molecular formula is C58H36. The summed E-state index contributed by atoms with van der Waals surface area (Å²) in [5.74, 6) is 0. The minimum atomic E-state index is 1.22. The molecule has 0 aliphatic rings. The number of benzene rings is 12. The molecule has 0 amide bonds. The Kier molecular flexibility index (Phi) is 7.33. The van der Waals surface area contributed by atoms with E-state index in [4.69, 9.17) is 0 Å². The fraction of sp³-hybridized carbons (Fsp3) is 0. The van der Waals surface area contributed by atoms with Crippen molar-refractivity contribution in [1.82, 2.24) is 0 Å². The van der Waals surface area contributed by atoms with Crippen molar-refractivity contribution in [2.24, 2.45) is 0 Å². The summed E-state index contributed by atoms with van der Waals surface area (Å²) in [6.45, 7) is 0. The van der Waals surface area contributed by atoms with Gasteiger partial charge in [-0.15, -0.1) is 0 Å². The van der Waals surface area contributed by atoms with E-state index in [1.165, 1.54) is 120 Å². The van der Waals surface area contributed by atoms with Crippen LogP contribution >= 0.6 is 0 Å². The fourth-order valence-corrected chi connectivity index (χ4v) is 9.90. The molecular weight excluding hydrogens is 697 g/mol. The Hall–Kier alpha value is -7.54. The Balaban J connectivity index is 1.10. The largest absolute Gasteiger partial charge is 0.0616 e. The topological polar surface area (TPSA) is 0 Å². The van der Waals surface area contributed by atoms with E-state index >= 15 is 0 Å². The van der Waals surface area contributed by atoms with Crippen molar-refractivity contribution in [1.29, 1.82) is 0 Å². The smallest absolute Gasteiger partial charge is 0.00201 e. The summed E-state index contributed by atoms with van der Waals surface area (Å²) in [5, 5.41) is 17.7. The molecule has 0 aliphatic heterocycles. The predicted octanol–water partition coefficient (Wildman–Crippen LogP) is 16.4. The molecule has 0 unspecified atom stereocenters. The van der Waals surface area contributed by atoms with Crippen LogP contribution in [0.3, 0.4) is 0 Å². The molecule has 12 rings (SSSR count). The van der Waals surface area contributed by atoms with Crippen LogP contribution in [-0.2, 0) is 0 Å². The van der Waals surface area contributed by atoms with E-state index in [1.807, 2.05) is 0 Å². The molecule has 0 fully saturated rings. The molecule has 58 heavy (non-hydrogen) atoms. The Morgan fingerprint density at radius 2 is 0.466 bits per heavy atom. The van der Waals surface area contributed by atoms with Crippen molar-refractivity contribution in [3.8, 4) is 44.5 Å². The normalized spacial score (nSPS) is 11.8. The van der Waals surface area contributed by atoms with Crippen LogP contribution in [0.5, 0.6) is 0 Å². The van der Waals surface area contributed by atoms with Gasteiger partial charge in [0.1, 0.15) is 0 Å². The quantitative estimate of drug-likeness (QED) is 0.158. The molecule has 0 saturated heterocycles. The van der Waals surface area contributed by atoms with Gasteiger partial charge in [0.15, 0.2) is 0 Å². The van der Waals surface area contributed by atoms with E-state index in [0.717, 1.165) is 0 Å². The Morgan fingerprint density at radius 1 is 0.172 bits per heavy atom. The lowest BCUT2D eigenvalue weighted by Crippen LogP contribution is -1.92. The summed E-state index contributed by atoms with van der Waals surface area (Å²) in [5.41, 5.74) is 10.1.